The number of amides is 1. The summed E-state index contributed by atoms with van der Waals surface area (Å²) in [4.78, 5) is 22.6. The Labute approximate surface area is 88.3 Å². The van der Waals surface area contributed by atoms with E-state index < -0.39 is 12.0 Å². The van der Waals surface area contributed by atoms with Crippen LogP contribution in [0.1, 0.15) is 13.8 Å². The molecule has 4 nitrogen and oxygen atoms in total. The molecule has 4 heteroatoms. The third-order valence-corrected chi connectivity index (χ3v) is 1.98. The van der Waals surface area contributed by atoms with Crippen molar-refractivity contribution >= 4 is 11.9 Å². The molecule has 0 aromatic carbocycles. The fraction of sp³-hybridized carbons (Fsp3) is 0.364. The van der Waals surface area contributed by atoms with E-state index >= 15 is 0 Å². The van der Waals surface area contributed by atoms with Gasteiger partial charge in [0.15, 0.2) is 0 Å². The van der Waals surface area contributed by atoms with E-state index in [1.165, 1.54) is 7.11 Å². The van der Waals surface area contributed by atoms with Gasteiger partial charge in [-0.25, -0.2) is 4.79 Å². The summed E-state index contributed by atoms with van der Waals surface area (Å²) < 4.78 is 4.49. The second-order valence-electron chi connectivity index (χ2n) is 3.27. The summed E-state index contributed by atoms with van der Waals surface area (Å²) in [6.45, 7) is 3.42. The largest absolute Gasteiger partial charge is 0.467 e. The van der Waals surface area contributed by atoms with Crippen molar-refractivity contribution in [3.05, 3.63) is 29.0 Å². The van der Waals surface area contributed by atoms with Crippen molar-refractivity contribution in [2.24, 2.45) is 0 Å². The van der Waals surface area contributed by atoms with E-state index in [0.29, 0.717) is 5.57 Å². The molecule has 1 rings (SSSR count). The summed E-state index contributed by atoms with van der Waals surface area (Å²) >= 11 is 0. The van der Waals surface area contributed by atoms with Gasteiger partial charge in [-0.05, 0) is 25.5 Å². The first-order chi connectivity index (χ1) is 7.04. The van der Waals surface area contributed by atoms with Gasteiger partial charge in [0, 0.05) is 0 Å². The zero-order chi connectivity index (χ0) is 11.4. The van der Waals surface area contributed by atoms with E-state index in [4.69, 9.17) is 0 Å². The van der Waals surface area contributed by atoms with Crippen LogP contribution < -0.4 is 5.32 Å². The molecule has 80 valence electrons. The third kappa shape index (κ3) is 2.82. The van der Waals surface area contributed by atoms with Gasteiger partial charge in [0.2, 0.25) is 0 Å². The highest BCUT2D eigenvalue weighted by Gasteiger charge is 2.17. The Bertz CT molecular complexity index is 387. The number of hydrogen-bond donors (Lipinski definition) is 1. The summed E-state index contributed by atoms with van der Waals surface area (Å²) in [5.41, 5.74) is 4.20. The van der Waals surface area contributed by atoms with Crippen LogP contribution in [0.3, 0.4) is 0 Å². The van der Waals surface area contributed by atoms with Crippen molar-refractivity contribution in [3.8, 4) is 0 Å². The first-order valence-corrected chi connectivity index (χ1v) is 4.59. The molecule has 0 fully saturated rings. The molecule has 0 saturated heterocycles. The minimum atomic E-state index is -0.647. The molecule has 0 aliphatic heterocycles. The number of hydrogen-bond acceptors (Lipinski definition) is 3. The summed E-state index contributed by atoms with van der Waals surface area (Å²) in [5.74, 6) is -0.785. The van der Waals surface area contributed by atoms with Crippen LogP contribution in [0.5, 0.6) is 0 Å². The molecule has 1 N–H and O–H groups in total. The number of rotatable bonds is 3. The molecular formula is C11H13NO3. The Morgan fingerprint density at radius 2 is 2.13 bits per heavy atom. The van der Waals surface area contributed by atoms with E-state index in [9.17, 15) is 9.59 Å². The maximum atomic E-state index is 11.5. The van der Waals surface area contributed by atoms with Crippen LogP contribution >= 0.6 is 0 Å². The van der Waals surface area contributed by atoms with Crippen molar-refractivity contribution in [1.29, 1.82) is 0 Å². The lowest BCUT2D eigenvalue weighted by atomic mass is 10.2. The molecule has 15 heavy (non-hydrogen) atoms. The van der Waals surface area contributed by atoms with Gasteiger partial charge in [0.1, 0.15) is 6.04 Å². The van der Waals surface area contributed by atoms with Crippen molar-refractivity contribution in [2.45, 2.75) is 19.9 Å². The quantitative estimate of drug-likeness (QED) is 0.547. The lowest BCUT2D eigenvalue weighted by Gasteiger charge is -2.10. The number of ether oxygens (including phenoxy) is 1. The van der Waals surface area contributed by atoms with Gasteiger partial charge in [-0.1, -0.05) is 6.08 Å². The fourth-order valence-electron chi connectivity index (χ4n) is 1.15. The molecule has 1 amide bonds. The Morgan fingerprint density at radius 1 is 1.47 bits per heavy atom. The maximum Gasteiger partial charge on any atom is 0.328 e. The van der Waals surface area contributed by atoms with Gasteiger partial charge in [0.05, 0.1) is 12.7 Å². The minimum absolute atomic E-state index is 0.319. The summed E-state index contributed by atoms with van der Waals surface area (Å²) in [5, 5.41) is 2.52. The zero-order valence-electron chi connectivity index (χ0n) is 8.96. The molecule has 1 atom stereocenters. The van der Waals surface area contributed by atoms with E-state index in [-0.39, 0.29) is 5.91 Å². The number of esters is 1. The van der Waals surface area contributed by atoms with E-state index in [1.54, 1.807) is 19.1 Å². The van der Waals surface area contributed by atoms with Crippen LogP contribution in [0, 0.1) is 0 Å². The van der Waals surface area contributed by atoms with Crippen LogP contribution in [0.4, 0.5) is 0 Å². The molecule has 1 aliphatic rings. The molecule has 0 spiro atoms. The molecule has 0 aromatic heterocycles. The topological polar surface area (TPSA) is 55.4 Å². The highest BCUT2D eigenvalue weighted by atomic mass is 16.5. The average molecular weight is 207 g/mol. The maximum absolute atomic E-state index is 11.5. The van der Waals surface area contributed by atoms with Crippen molar-refractivity contribution in [1.82, 2.24) is 5.32 Å². The summed E-state index contributed by atoms with van der Waals surface area (Å²) in [6, 6.07) is -0.647. The van der Waals surface area contributed by atoms with Gasteiger partial charge in [0.25, 0.3) is 5.91 Å². The standard InChI is InChI=1S/C11H13NO3/c1-7-4-5-9(6-7)10(13)12-8(2)11(14)15-3/h4-5,8H,1-3H3,(H,12,13)/t8-/m0/s1. The Hall–Kier alpha value is -1.80. The molecule has 0 unspecified atom stereocenters. The molecule has 1 aliphatic carbocycles. The summed E-state index contributed by atoms with van der Waals surface area (Å²) in [7, 11) is 1.28. The Kier molecular flexibility index (Phi) is 3.47. The van der Waals surface area contributed by atoms with Crippen molar-refractivity contribution in [3.63, 3.8) is 0 Å². The first kappa shape index (κ1) is 11.3. The summed E-state index contributed by atoms with van der Waals surface area (Å²) in [6.07, 6.45) is 3.45. The van der Waals surface area contributed by atoms with Crippen LogP contribution in [0.15, 0.2) is 29.0 Å². The Morgan fingerprint density at radius 3 is 2.60 bits per heavy atom. The minimum Gasteiger partial charge on any atom is -0.467 e. The normalized spacial score (nSPS) is 15.4. The predicted octanol–water partition coefficient (Wildman–Crippen LogP) is 0.705. The third-order valence-electron chi connectivity index (χ3n) is 1.98. The fourth-order valence-corrected chi connectivity index (χ4v) is 1.15. The zero-order valence-corrected chi connectivity index (χ0v) is 8.96. The SMILES string of the molecule is COC(=O)[C@H](C)NC(=O)C1=C=C(C)C=C1. The Balaban J connectivity index is 2.62. The van der Waals surface area contributed by atoms with E-state index in [1.807, 2.05) is 6.92 Å². The molecule has 0 aromatic rings. The van der Waals surface area contributed by atoms with Gasteiger partial charge >= 0.3 is 5.97 Å². The van der Waals surface area contributed by atoms with E-state index in [0.717, 1.165) is 5.57 Å². The number of allylic oxidation sites excluding steroid dienone is 1. The van der Waals surface area contributed by atoms with Gasteiger partial charge in [-0.15, -0.1) is 5.73 Å². The number of carbonyl (C=O) groups is 2. The smallest absolute Gasteiger partial charge is 0.328 e. The molecular weight excluding hydrogens is 194 g/mol. The first-order valence-electron chi connectivity index (χ1n) is 4.59. The van der Waals surface area contributed by atoms with Gasteiger partial charge < -0.3 is 10.1 Å². The van der Waals surface area contributed by atoms with Gasteiger partial charge in [-0.3, -0.25) is 4.79 Å². The number of methoxy groups -OCH3 is 1. The average Bonchev–Trinajstić information content (AvgIpc) is 2.63. The van der Waals surface area contributed by atoms with Crippen LogP contribution in [0.25, 0.3) is 0 Å². The van der Waals surface area contributed by atoms with Crippen LogP contribution in [-0.2, 0) is 14.3 Å². The van der Waals surface area contributed by atoms with Crippen molar-refractivity contribution < 1.29 is 14.3 Å². The lowest BCUT2D eigenvalue weighted by Crippen LogP contribution is -2.39. The highest BCUT2D eigenvalue weighted by molar-refractivity contribution is 5.98. The van der Waals surface area contributed by atoms with Crippen LogP contribution in [0.2, 0.25) is 0 Å². The monoisotopic (exact) mass is 207 g/mol. The lowest BCUT2D eigenvalue weighted by molar-refractivity contribution is -0.144. The molecule has 0 radical (unpaired) electrons. The van der Waals surface area contributed by atoms with Crippen LogP contribution in [-0.4, -0.2) is 25.0 Å². The molecule has 0 saturated carbocycles. The highest BCUT2D eigenvalue weighted by Crippen LogP contribution is 2.08. The van der Waals surface area contributed by atoms with Gasteiger partial charge in [-0.2, -0.15) is 0 Å². The van der Waals surface area contributed by atoms with Crippen molar-refractivity contribution in [2.75, 3.05) is 7.11 Å². The second-order valence-corrected chi connectivity index (χ2v) is 3.27. The molecule has 0 bridgehead atoms. The number of carbonyl (C=O) groups excluding carboxylic acids is 2. The van der Waals surface area contributed by atoms with E-state index in [2.05, 4.69) is 15.8 Å². The number of nitrogens with one attached hydrogen (secondary N) is 1. The molecule has 0 heterocycles. The predicted molar refractivity (Wildman–Crippen MR) is 55.0 cm³/mol. The second kappa shape index (κ2) is 4.62.